The normalized spacial score (nSPS) is 17.6. The summed E-state index contributed by atoms with van der Waals surface area (Å²) < 4.78 is 51.4. The Bertz CT molecular complexity index is 1280. The second-order valence-corrected chi connectivity index (χ2v) is 8.80. The van der Waals surface area contributed by atoms with Gasteiger partial charge in [-0.25, -0.2) is 19.2 Å². The number of alkyl halides is 3. The van der Waals surface area contributed by atoms with Crippen molar-refractivity contribution in [2.24, 2.45) is 0 Å². The Hall–Kier alpha value is -2.18. The van der Waals surface area contributed by atoms with Crippen molar-refractivity contribution in [2.45, 2.75) is 36.8 Å². The molecule has 1 fully saturated rings. The highest BCUT2D eigenvalue weighted by molar-refractivity contribution is 9.10. The third kappa shape index (κ3) is 3.60. The first kappa shape index (κ1) is 20.7. The van der Waals surface area contributed by atoms with Gasteiger partial charge in [-0.3, -0.25) is 0 Å². The number of aromatic nitrogens is 6. The summed E-state index contributed by atoms with van der Waals surface area (Å²) in [6.07, 6.45) is 1.85. The minimum absolute atomic E-state index is 0.117. The number of pyridine rings is 1. The molecule has 4 aromatic rings. The Morgan fingerprint density at radius 2 is 2.03 bits per heavy atom. The summed E-state index contributed by atoms with van der Waals surface area (Å²) in [5.74, 6) is 0. The monoisotopic (exact) mass is 512 g/mol. The van der Waals surface area contributed by atoms with E-state index >= 15 is 0 Å². The number of rotatable bonds is 3. The zero-order valence-electron chi connectivity index (χ0n) is 16.2. The van der Waals surface area contributed by atoms with E-state index in [1.807, 2.05) is 6.07 Å². The van der Waals surface area contributed by atoms with Gasteiger partial charge in [0.25, 0.3) is 0 Å². The van der Waals surface area contributed by atoms with E-state index in [-0.39, 0.29) is 16.5 Å². The maximum absolute atomic E-state index is 13.9. The van der Waals surface area contributed by atoms with E-state index in [4.69, 9.17) is 4.74 Å². The summed E-state index contributed by atoms with van der Waals surface area (Å²) in [5.41, 5.74) is 0.0127. The van der Waals surface area contributed by atoms with E-state index in [0.29, 0.717) is 29.6 Å². The summed E-state index contributed by atoms with van der Waals surface area (Å²) in [6, 6.07) is 3.60. The molecule has 1 atom stereocenters. The number of hydrogen-bond acceptors (Lipinski definition) is 6. The van der Waals surface area contributed by atoms with Gasteiger partial charge in [-0.05, 0) is 53.6 Å². The van der Waals surface area contributed by atoms with Gasteiger partial charge in [0, 0.05) is 23.5 Å². The van der Waals surface area contributed by atoms with Crippen LogP contribution in [0.15, 0.2) is 34.2 Å². The molecule has 162 valence electrons. The Balaban J connectivity index is 1.84. The molecule has 1 saturated heterocycles. The number of nitrogens with zero attached hydrogens (tertiary/aromatic N) is 6. The van der Waals surface area contributed by atoms with Crippen LogP contribution in [0.5, 0.6) is 0 Å². The summed E-state index contributed by atoms with van der Waals surface area (Å²) in [7, 11) is 0. The largest absolute Gasteiger partial charge is 0.420 e. The van der Waals surface area contributed by atoms with Gasteiger partial charge in [0.15, 0.2) is 17.0 Å². The maximum atomic E-state index is 13.9. The Kier molecular flexibility index (Phi) is 5.18. The summed E-state index contributed by atoms with van der Waals surface area (Å²) in [5, 5.41) is 9.91. The molecule has 0 radical (unpaired) electrons. The molecule has 1 unspecified atom stereocenters. The van der Waals surface area contributed by atoms with E-state index in [0.717, 1.165) is 23.5 Å². The van der Waals surface area contributed by atoms with Crippen LogP contribution in [0.3, 0.4) is 0 Å². The number of halogens is 4. The van der Waals surface area contributed by atoms with Crippen LogP contribution in [0, 0.1) is 0 Å². The van der Waals surface area contributed by atoms with Crippen LogP contribution in [-0.2, 0) is 10.9 Å². The fraction of sp³-hybridized carbons (Fsp3) is 0.368. The zero-order valence-corrected chi connectivity index (χ0v) is 18.6. The van der Waals surface area contributed by atoms with Crippen molar-refractivity contribution in [3.05, 3.63) is 34.6 Å². The van der Waals surface area contributed by atoms with Crippen LogP contribution >= 0.6 is 27.7 Å². The minimum Gasteiger partial charge on any atom is -0.356 e. The van der Waals surface area contributed by atoms with Crippen molar-refractivity contribution in [2.75, 3.05) is 12.9 Å². The van der Waals surface area contributed by atoms with Crippen LogP contribution in [0.1, 0.15) is 31.1 Å². The van der Waals surface area contributed by atoms with Gasteiger partial charge in [0.1, 0.15) is 17.0 Å². The number of fused-ring (bicyclic) bond motifs is 3. The predicted octanol–water partition coefficient (Wildman–Crippen LogP) is 5.34. The first-order valence-electron chi connectivity index (χ1n) is 9.53. The molecule has 0 aliphatic carbocycles. The molecule has 31 heavy (non-hydrogen) atoms. The molecule has 5 heterocycles. The van der Waals surface area contributed by atoms with Crippen molar-refractivity contribution >= 4 is 44.2 Å². The highest BCUT2D eigenvalue weighted by Gasteiger charge is 2.38. The molecule has 12 heteroatoms. The van der Waals surface area contributed by atoms with Gasteiger partial charge in [0.05, 0.1) is 10.9 Å². The molecule has 0 saturated carbocycles. The lowest BCUT2D eigenvalue weighted by molar-refractivity contribution is -0.137. The first-order chi connectivity index (χ1) is 14.9. The fourth-order valence-electron chi connectivity index (χ4n) is 3.74. The molecule has 0 bridgehead atoms. The molecular formula is C19H16BrF3N6OS. The van der Waals surface area contributed by atoms with Gasteiger partial charge < -0.3 is 4.74 Å². The second-order valence-electron chi connectivity index (χ2n) is 7.11. The topological polar surface area (TPSA) is 70.1 Å². The van der Waals surface area contributed by atoms with Gasteiger partial charge in [-0.2, -0.15) is 18.3 Å². The molecule has 4 aromatic heterocycles. The Labute approximate surface area is 187 Å². The van der Waals surface area contributed by atoms with Gasteiger partial charge in [-0.15, -0.1) is 5.10 Å². The standard InChI is InChI=1S/C19H16BrF3N6OS/c1-31-18-24-8-11(19(21,22)23)15(25-18)16-14-12-6-5-10(20)9-28(12)27-17(14)29(26-16)13-4-2-3-7-30-13/h5-6,8-9,13H,2-4,7H2,1H3. The minimum atomic E-state index is -4.63. The van der Waals surface area contributed by atoms with Crippen molar-refractivity contribution in [1.29, 1.82) is 0 Å². The predicted molar refractivity (Wildman–Crippen MR) is 113 cm³/mol. The van der Waals surface area contributed by atoms with Crippen molar-refractivity contribution in [3.63, 3.8) is 0 Å². The molecule has 1 aliphatic rings. The Morgan fingerprint density at radius 1 is 1.19 bits per heavy atom. The molecule has 5 rings (SSSR count). The average molecular weight is 513 g/mol. The molecule has 0 spiro atoms. The highest BCUT2D eigenvalue weighted by Crippen LogP contribution is 2.40. The van der Waals surface area contributed by atoms with Gasteiger partial charge in [0.2, 0.25) is 0 Å². The van der Waals surface area contributed by atoms with Crippen molar-refractivity contribution < 1.29 is 17.9 Å². The van der Waals surface area contributed by atoms with E-state index in [1.54, 1.807) is 27.7 Å². The van der Waals surface area contributed by atoms with Gasteiger partial charge >= 0.3 is 6.18 Å². The first-order valence-corrected chi connectivity index (χ1v) is 11.5. The van der Waals surface area contributed by atoms with E-state index in [2.05, 4.69) is 36.1 Å². The lowest BCUT2D eigenvalue weighted by Gasteiger charge is -2.22. The third-order valence-corrected chi connectivity index (χ3v) is 6.17. The fourth-order valence-corrected chi connectivity index (χ4v) is 4.41. The lowest BCUT2D eigenvalue weighted by atomic mass is 10.1. The van der Waals surface area contributed by atoms with Crippen LogP contribution in [0.4, 0.5) is 13.2 Å². The van der Waals surface area contributed by atoms with Crippen LogP contribution in [0.25, 0.3) is 27.9 Å². The summed E-state index contributed by atoms with van der Waals surface area (Å²) >= 11 is 4.58. The van der Waals surface area contributed by atoms with E-state index in [1.165, 1.54) is 11.8 Å². The van der Waals surface area contributed by atoms with Crippen molar-refractivity contribution in [1.82, 2.24) is 29.4 Å². The molecule has 0 amide bonds. The average Bonchev–Trinajstić information content (AvgIpc) is 3.30. The molecule has 1 aliphatic heterocycles. The highest BCUT2D eigenvalue weighted by atomic mass is 79.9. The maximum Gasteiger partial charge on any atom is 0.420 e. The SMILES string of the molecule is CSc1ncc(C(F)(F)F)c(-c2nn(C3CCCCO3)c3nn4cc(Br)ccc4c23)n1. The smallest absolute Gasteiger partial charge is 0.356 e. The van der Waals surface area contributed by atoms with E-state index in [9.17, 15) is 13.2 Å². The third-order valence-electron chi connectivity index (χ3n) is 5.14. The number of ether oxygens (including phenoxy) is 1. The van der Waals surface area contributed by atoms with Gasteiger partial charge in [-0.1, -0.05) is 11.8 Å². The molecule has 0 aromatic carbocycles. The second kappa shape index (κ2) is 7.75. The van der Waals surface area contributed by atoms with Crippen molar-refractivity contribution in [3.8, 4) is 11.4 Å². The quantitative estimate of drug-likeness (QED) is 0.272. The summed E-state index contributed by atoms with van der Waals surface area (Å²) in [4.78, 5) is 8.04. The molecule has 0 N–H and O–H groups in total. The number of hydrogen-bond donors (Lipinski definition) is 0. The van der Waals surface area contributed by atoms with Crippen LogP contribution in [-0.4, -0.2) is 42.2 Å². The number of thioether (sulfide) groups is 1. The lowest BCUT2D eigenvalue weighted by Crippen LogP contribution is -2.19. The van der Waals surface area contributed by atoms with Crippen LogP contribution < -0.4 is 0 Å². The summed E-state index contributed by atoms with van der Waals surface area (Å²) in [6.45, 7) is 0.568. The molecular weight excluding hydrogens is 497 g/mol. The Morgan fingerprint density at radius 3 is 2.74 bits per heavy atom. The van der Waals surface area contributed by atoms with E-state index < -0.39 is 18.0 Å². The molecule has 7 nitrogen and oxygen atoms in total. The van der Waals surface area contributed by atoms with Crippen LogP contribution in [0.2, 0.25) is 0 Å². The zero-order chi connectivity index (χ0) is 21.8.